The van der Waals surface area contributed by atoms with Gasteiger partial charge in [-0.2, -0.15) is 5.26 Å². The molecule has 1 unspecified atom stereocenters. The lowest BCUT2D eigenvalue weighted by molar-refractivity contribution is 0.102. The van der Waals surface area contributed by atoms with Crippen LogP contribution in [0.4, 0.5) is 10.1 Å². The second kappa shape index (κ2) is 7.18. The molecule has 0 saturated heterocycles. The lowest BCUT2D eigenvalue weighted by Gasteiger charge is -2.30. The molecule has 2 aromatic rings. The molecule has 132 valence electrons. The fourth-order valence-electron chi connectivity index (χ4n) is 2.74. The Hall–Kier alpha value is -2.85. The standard InChI is InChI=1S/C19H17FN4OS/c1-19(8-9-26-18(22)24-19)14-6-7-15(20)16(10-14)23-17(25)13-4-2-12(11-21)3-5-13/h2-7,10H,8-9H2,1H3,(H2,22,24)(H,23,25). The SMILES string of the molecule is CC1(c2ccc(F)c(NC(=O)c3ccc(C#N)cc3)c2)CCSC(N)=N1. The number of hydrogen-bond acceptors (Lipinski definition) is 5. The number of nitrogens with two attached hydrogens (primary N) is 1. The number of aliphatic imine (C=N–C) groups is 1. The molecule has 0 bridgehead atoms. The molecule has 2 aromatic carbocycles. The van der Waals surface area contributed by atoms with Gasteiger partial charge in [-0.25, -0.2) is 4.39 Å². The molecule has 0 radical (unpaired) electrons. The summed E-state index contributed by atoms with van der Waals surface area (Å²) in [6, 6.07) is 12.7. The summed E-state index contributed by atoms with van der Waals surface area (Å²) in [4.78, 5) is 16.9. The number of hydrogen-bond donors (Lipinski definition) is 2. The summed E-state index contributed by atoms with van der Waals surface area (Å²) in [5.41, 5.74) is 6.97. The number of anilines is 1. The molecule has 7 heteroatoms. The number of carbonyl (C=O) groups excluding carboxylic acids is 1. The highest BCUT2D eigenvalue weighted by atomic mass is 32.2. The minimum atomic E-state index is -0.545. The highest BCUT2D eigenvalue weighted by molar-refractivity contribution is 8.13. The number of benzene rings is 2. The monoisotopic (exact) mass is 368 g/mol. The van der Waals surface area contributed by atoms with E-state index in [9.17, 15) is 9.18 Å². The van der Waals surface area contributed by atoms with E-state index in [1.807, 2.05) is 13.0 Å². The van der Waals surface area contributed by atoms with Crippen LogP contribution in [0.2, 0.25) is 0 Å². The van der Waals surface area contributed by atoms with Crippen molar-refractivity contribution in [2.45, 2.75) is 18.9 Å². The lowest BCUT2D eigenvalue weighted by Crippen LogP contribution is -2.29. The van der Waals surface area contributed by atoms with Crippen molar-refractivity contribution < 1.29 is 9.18 Å². The van der Waals surface area contributed by atoms with Crippen molar-refractivity contribution in [1.82, 2.24) is 0 Å². The minimum absolute atomic E-state index is 0.0880. The van der Waals surface area contributed by atoms with Crippen molar-refractivity contribution in [1.29, 1.82) is 5.26 Å². The molecule has 1 heterocycles. The Kier molecular flexibility index (Phi) is 4.96. The highest BCUT2D eigenvalue weighted by Gasteiger charge is 2.30. The third-order valence-corrected chi connectivity index (χ3v) is 5.10. The van der Waals surface area contributed by atoms with Crippen LogP contribution in [-0.2, 0) is 5.54 Å². The van der Waals surface area contributed by atoms with Gasteiger partial charge in [-0.1, -0.05) is 17.8 Å². The van der Waals surface area contributed by atoms with Gasteiger partial charge in [0.15, 0.2) is 5.17 Å². The van der Waals surface area contributed by atoms with E-state index in [1.54, 1.807) is 24.3 Å². The summed E-state index contributed by atoms with van der Waals surface area (Å²) < 4.78 is 14.2. The molecular weight excluding hydrogens is 351 g/mol. The first kappa shape index (κ1) is 18.0. The Morgan fingerprint density at radius 2 is 2.08 bits per heavy atom. The van der Waals surface area contributed by atoms with Crippen LogP contribution >= 0.6 is 11.8 Å². The number of rotatable bonds is 3. The molecule has 1 atom stereocenters. The van der Waals surface area contributed by atoms with Crippen molar-refractivity contribution >= 4 is 28.5 Å². The number of halogens is 1. The summed E-state index contributed by atoms with van der Waals surface area (Å²) in [5.74, 6) is -0.143. The number of amidine groups is 1. The molecule has 0 saturated carbocycles. The van der Waals surface area contributed by atoms with E-state index in [2.05, 4.69) is 10.3 Å². The summed E-state index contributed by atoms with van der Waals surface area (Å²) in [6.45, 7) is 1.94. The van der Waals surface area contributed by atoms with Gasteiger partial charge >= 0.3 is 0 Å². The van der Waals surface area contributed by atoms with Gasteiger partial charge in [0.2, 0.25) is 0 Å². The van der Waals surface area contributed by atoms with E-state index in [4.69, 9.17) is 11.0 Å². The lowest BCUT2D eigenvalue weighted by atomic mass is 9.89. The van der Waals surface area contributed by atoms with Gasteiger partial charge in [0.25, 0.3) is 5.91 Å². The Balaban J connectivity index is 1.87. The van der Waals surface area contributed by atoms with Gasteiger partial charge < -0.3 is 11.1 Å². The van der Waals surface area contributed by atoms with Crippen LogP contribution < -0.4 is 11.1 Å². The first-order chi connectivity index (χ1) is 12.4. The molecule has 26 heavy (non-hydrogen) atoms. The summed E-state index contributed by atoms with van der Waals surface area (Å²) in [5, 5.41) is 11.9. The largest absolute Gasteiger partial charge is 0.379 e. The van der Waals surface area contributed by atoms with Crippen LogP contribution in [-0.4, -0.2) is 16.8 Å². The van der Waals surface area contributed by atoms with Crippen LogP contribution in [0.25, 0.3) is 0 Å². The van der Waals surface area contributed by atoms with Gasteiger partial charge in [0, 0.05) is 11.3 Å². The third-order valence-electron chi connectivity index (χ3n) is 4.31. The zero-order valence-electron chi connectivity index (χ0n) is 14.1. The topological polar surface area (TPSA) is 91.3 Å². The van der Waals surface area contributed by atoms with Gasteiger partial charge in [0.05, 0.1) is 22.9 Å². The number of thioether (sulfide) groups is 1. The van der Waals surface area contributed by atoms with E-state index in [0.717, 1.165) is 17.7 Å². The highest BCUT2D eigenvalue weighted by Crippen LogP contribution is 2.36. The first-order valence-electron chi connectivity index (χ1n) is 8.01. The van der Waals surface area contributed by atoms with E-state index < -0.39 is 17.3 Å². The molecule has 1 aliphatic rings. The Labute approximate surface area is 155 Å². The molecule has 1 amide bonds. The second-order valence-electron chi connectivity index (χ2n) is 6.16. The van der Waals surface area contributed by atoms with Crippen LogP contribution in [0, 0.1) is 17.1 Å². The minimum Gasteiger partial charge on any atom is -0.379 e. The number of nitrogens with zero attached hydrogens (tertiary/aromatic N) is 2. The van der Waals surface area contributed by atoms with Crippen molar-refractivity contribution in [3.05, 3.63) is 65.0 Å². The fourth-order valence-corrected chi connectivity index (χ4v) is 3.72. The average Bonchev–Trinajstić information content (AvgIpc) is 2.63. The number of carbonyl (C=O) groups is 1. The molecule has 3 N–H and O–H groups in total. The van der Waals surface area contributed by atoms with Gasteiger partial charge in [-0.05, 0) is 55.3 Å². The van der Waals surface area contributed by atoms with E-state index >= 15 is 0 Å². The normalized spacial score (nSPS) is 19.3. The first-order valence-corrected chi connectivity index (χ1v) is 8.99. The summed E-state index contributed by atoms with van der Waals surface area (Å²) in [7, 11) is 0. The predicted molar refractivity (Wildman–Crippen MR) is 102 cm³/mol. The van der Waals surface area contributed by atoms with Gasteiger partial charge in [0.1, 0.15) is 5.82 Å². The predicted octanol–water partition coefficient (Wildman–Crippen LogP) is 3.62. The van der Waals surface area contributed by atoms with E-state index in [-0.39, 0.29) is 5.69 Å². The Bertz CT molecular complexity index is 920. The molecule has 1 aliphatic heterocycles. The number of amides is 1. The van der Waals surface area contributed by atoms with E-state index in [0.29, 0.717) is 16.3 Å². The zero-order chi connectivity index (χ0) is 18.7. The molecule has 5 nitrogen and oxygen atoms in total. The van der Waals surface area contributed by atoms with Gasteiger partial charge in [-0.3, -0.25) is 9.79 Å². The van der Waals surface area contributed by atoms with E-state index in [1.165, 1.54) is 30.0 Å². The van der Waals surface area contributed by atoms with Gasteiger partial charge in [-0.15, -0.1) is 0 Å². The molecule has 0 spiro atoms. The Morgan fingerprint density at radius 1 is 1.35 bits per heavy atom. The zero-order valence-corrected chi connectivity index (χ0v) is 14.9. The molecule has 0 aliphatic carbocycles. The fraction of sp³-hybridized carbons (Fsp3) is 0.211. The molecule has 0 aromatic heterocycles. The van der Waals surface area contributed by atoms with Crippen molar-refractivity contribution in [2.24, 2.45) is 10.7 Å². The molecule has 3 rings (SSSR count). The quantitative estimate of drug-likeness (QED) is 0.866. The Morgan fingerprint density at radius 3 is 2.73 bits per heavy atom. The maximum absolute atomic E-state index is 14.2. The van der Waals surface area contributed by atoms with Crippen LogP contribution in [0.1, 0.15) is 34.8 Å². The third kappa shape index (κ3) is 3.70. The van der Waals surface area contributed by atoms with Crippen LogP contribution in [0.3, 0.4) is 0 Å². The smallest absolute Gasteiger partial charge is 0.255 e. The maximum atomic E-state index is 14.2. The van der Waals surface area contributed by atoms with Crippen molar-refractivity contribution in [3.8, 4) is 6.07 Å². The summed E-state index contributed by atoms with van der Waals surface area (Å²) >= 11 is 1.49. The number of nitriles is 1. The summed E-state index contributed by atoms with van der Waals surface area (Å²) in [6.07, 6.45) is 0.771. The average molecular weight is 368 g/mol. The van der Waals surface area contributed by atoms with Crippen molar-refractivity contribution in [2.75, 3.05) is 11.1 Å². The molecule has 0 fully saturated rings. The van der Waals surface area contributed by atoms with Crippen LogP contribution in [0.15, 0.2) is 47.5 Å². The molecular formula is C19H17FN4OS. The maximum Gasteiger partial charge on any atom is 0.255 e. The van der Waals surface area contributed by atoms with Crippen molar-refractivity contribution in [3.63, 3.8) is 0 Å². The second-order valence-corrected chi connectivity index (χ2v) is 7.28. The number of nitrogens with one attached hydrogen (secondary N) is 1. The van der Waals surface area contributed by atoms with Crippen LogP contribution in [0.5, 0.6) is 0 Å².